The van der Waals surface area contributed by atoms with Crippen LogP contribution in [0.25, 0.3) is 5.69 Å². The molecule has 0 spiro atoms. The monoisotopic (exact) mass is 475 g/mol. The summed E-state index contributed by atoms with van der Waals surface area (Å²) in [7, 11) is 1.66. The zero-order valence-corrected chi connectivity index (χ0v) is 20.8. The van der Waals surface area contributed by atoms with Gasteiger partial charge < -0.3 is 19.1 Å². The van der Waals surface area contributed by atoms with E-state index in [1.165, 1.54) is 0 Å². The number of likely N-dealkylation sites (tertiary alicyclic amines) is 1. The highest BCUT2D eigenvalue weighted by Crippen LogP contribution is 2.38. The number of rotatable bonds is 6. The van der Waals surface area contributed by atoms with Crippen LogP contribution in [0, 0.1) is 13.8 Å². The molecule has 1 saturated heterocycles. The fourth-order valence-corrected chi connectivity index (χ4v) is 5.20. The summed E-state index contributed by atoms with van der Waals surface area (Å²) in [5.41, 5.74) is 5.23. The quantitative estimate of drug-likeness (QED) is 0.504. The minimum absolute atomic E-state index is 0.0846. The minimum Gasteiger partial charge on any atom is -0.497 e. The molecule has 7 heteroatoms. The molecule has 0 saturated carbocycles. The lowest BCUT2D eigenvalue weighted by Gasteiger charge is -2.26. The van der Waals surface area contributed by atoms with Crippen molar-refractivity contribution in [3.8, 4) is 22.9 Å². The molecule has 7 nitrogen and oxygen atoms in total. The highest BCUT2D eigenvalue weighted by atomic mass is 16.5. The summed E-state index contributed by atoms with van der Waals surface area (Å²) in [5.74, 6) is 2.56. The van der Waals surface area contributed by atoms with Crippen molar-refractivity contribution in [3.05, 3.63) is 65.0 Å². The van der Waals surface area contributed by atoms with Gasteiger partial charge in [0, 0.05) is 31.1 Å². The van der Waals surface area contributed by atoms with Gasteiger partial charge in [0.15, 0.2) is 11.5 Å². The van der Waals surface area contributed by atoms with E-state index < -0.39 is 0 Å². The van der Waals surface area contributed by atoms with Crippen molar-refractivity contribution in [1.82, 2.24) is 14.7 Å². The number of aromatic nitrogens is 2. The first-order valence-corrected chi connectivity index (χ1v) is 12.4. The molecule has 0 aliphatic carbocycles. The van der Waals surface area contributed by atoms with Crippen LogP contribution < -0.4 is 14.2 Å². The zero-order chi connectivity index (χ0) is 24.4. The van der Waals surface area contributed by atoms with Crippen LogP contribution in [0.2, 0.25) is 0 Å². The molecule has 35 heavy (non-hydrogen) atoms. The van der Waals surface area contributed by atoms with Crippen molar-refractivity contribution in [2.75, 3.05) is 26.9 Å². The molecule has 1 aromatic heterocycles. The number of aryl methyl sites for hydroxylation is 1. The van der Waals surface area contributed by atoms with Crippen molar-refractivity contribution in [3.63, 3.8) is 0 Å². The Balaban J connectivity index is 1.30. The topological polar surface area (TPSA) is 65.8 Å². The van der Waals surface area contributed by atoms with Crippen LogP contribution in [0.5, 0.6) is 17.2 Å². The smallest absolute Gasteiger partial charge is 0.223 e. The molecule has 0 bridgehead atoms. The number of fused-ring (bicyclic) bond motifs is 1. The molecule has 1 atom stereocenters. The Labute approximate surface area is 206 Å². The van der Waals surface area contributed by atoms with Crippen LogP contribution in [-0.4, -0.2) is 47.5 Å². The van der Waals surface area contributed by atoms with E-state index in [0.29, 0.717) is 26.1 Å². The van der Waals surface area contributed by atoms with E-state index in [4.69, 9.17) is 19.3 Å². The lowest BCUT2D eigenvalue weighted by Crippen LogP contribution is -2.30. The SMILES string of the molecule is COc1cccc(-n2nc(C)c(CCC(=O)N3CCC[C@@H]3c3ccc4c(c3)OCCCO4)c2C)c1. The Morgan fingerprint density at radius 2 is 1.91 bits per heavy atom. The Hall–Kier alpha value is -3.48. The Bertz CT molecular complexity index is 1220. The number of carbonyl (C=O) groups is 1. The van der Waals surface area contributed by atoms with Gasteiger partial charge in [-0.05, 0) is 68.5 Å². The van der Waals surface area contributed by atoms with Gasteiger partial charge in [-0.3, -0.25) is 4.79 Å². The maximum atomic E-state index is 13.4. The van der Waals surface area contributed by atoms with Crippen LogP contribution in [0.15, 0.2) is 42.5 Å². The molecule has 0 unspecified atom stereocenters. The largest absolute Gasteiger partial charge is 0.497 e. The average molecular weight is 476 g/mol. The highest BCUT2D eigenvalue weighted by Gasteiger charge is 2.31. The lowest BCUT2D eigenvalue weighted by molar-refractivity contribution is -0.132. The molecule has 2 aliphatic rings. The van der Waals surface area contributed by atoms with Gasteiger partial charge in [0.25, 0.3) is 0 Å². The number of benzene rings is 2. The van der Waals surface area contributed by atoms with E-state index >= 15 is 0 Å². The van der Waals surface area contributed by atoms with Crippen molar-refractivity contribution in [2.24, 2.45) is 0 Å². The van der Waals surface area contributed by atoms with Crippen molar-refractivity contribution < 1.29 is 19.0 Å². The number of nitrogens with zero attached hydrogens (tertiary/aromatic N) is 3. The first-order valence-electron chi connectivity index (χ1n) is 12.4. The molecule has 184 valence electrons. The molecule has 3 aromatic rings. The fraction of sp³-hybridized carbons (Fsp3) is 0.429. The summed E-state index contributed by atoms with van der Waals surface area (Å²) in [6.45, 7) is 6.20. The predicted molar refractivity (Wildman–Crippen MR) is 134 cm³/mol. The normalized spacial score (nSPS) is 17.3. The Kier molecular flexibility index (Phi) is 6.66. The zero-order valence-electron chi connectivity index (χ0n) is 20.8. The molecular formula is C28H33N3O4. The average Bonchev–Trinajstić information content (AvgIpc) is 3.39. The number of amides is 1. The molecule has 5 rings (SSSR count). The molecule has 1 fully saturated rings. The molecule has 0 radical (unpaired) electrons. The molecular weight excluding hydrogens is 442 g/mol. The molecule has 0 N–H and O–H groups in total. The third kappa shape index (κ3) is 4.72. The van der Waals surface area contributed by atoms with Crippen molar-refractivity contribution in [1.29, 1.82) is 0 Å². The number of hydrogen-bond acceptors (Lipinski definition) is 5. The first kappa shape index (κ1) is 23.3. The Morgan fingerprint density at radius 1 is 1.09 bits per heavy atom. The second-order valence-corrected chi connectivity index (χ2v) is 9.26. The summed E-state index contributed by atoms with van der Waals surface area (Å²) in [4.78, 5) is 15.4. The van der Waals surface area contributed by atoms with Crippen LogP contribution in [0.3, 0.4) is 0 Å². The third-order valence-electron chi connectivity index (χ3n) is 7.06. The van der Waals surface area contributed by atoms with E-state index in [0.717, 1.165) is 71.3 Å². The molecule has 2 aromatic carbocycles. The van der Waals surface area contributed by atoms with E-state index in [9.17, 15) is 4.79 Å². The van der Waals surface area contributed by atoms with E-state index in [-0.39, 0.29) is 11.9 Å². The van der Waals surface area contributed by atoms with Crippen LogP contribution >= 0.6 is 0 Å². The number of carbonyl (C=O) groups excluding carboxylic acids is 1. The second-order valence-electron chi connectivity index (χ2n) is 9.26. The van der Waals surface area contributed by atoms with Gasteiger partial charge in [-0.25, -0.2) is 4.68 Å². The minimum atomic E-state index is 0.0846. The van der Waals surface area contributed by atoms with Crippen molar-refractivity contribution in [2.45, 2.75) is 52.0 Å². The van der Waals surface area contributed by atoms with E-state index in [2.05, 4.69) is 19.1 Å². The van der Waals surface area contributed by atoms with Crippen molar-refractivity contribution >= 4 is 5.91 Å². The number of hydrogen-bond donors (Lipinski definition) is 0. The highest BCUT2D eigenvalue weighted by molar-refractivity contribution is 5.77. The second kappa shape index (κ2) is 10.0. The lowest BCUT2D eigenvalue weighted by atomic mass is 10.0. The predicted octanol–water partition coefficient (Wildman–Crippen LogP) is 4.96. The third-order valence-corrected chi connectivity index (χ3v) is 7.06. The Morgan fingerprint density at radius 3 is 2.74 bits per heavy atom. The molecule has 3 heterocycles. The maximum absolute atomic E-state index is 13.4. The van der Waals surface area contributed by atoms with E-state index in [1.54, 1.807) is 7.11 Å². The summed E-state index contributed by atoms with van der Waals surface area (Å²) in [6.07, 6.45) is 4.00. The van der Waals surface area contributed by atoms with Gasteiger partial charge in [0.1, 0.15) is 5.75 Å². The summed E-state index contributed by atoms with van der Waals surface area (Å²) < 4.78 is 19.0. The first-order chi connectivity index (χ1) is 17.0. The van der Waals surface area contributed by atoms with Gasteiger partial charge in [-0.2, -0.15) is 5.10 Å². The summed E-state index contributed by atoms with van der Waals surface area (Å²) >= 11 is 0. The van der Waals surface area contributed by atoms with Gasteiger partial charge in [0.2, 0.25) is 5.91 Å². The van der Waals surface area contributed by atoms with Gasteiger partial charge in [-0.15, -0.1) is 0 Å². The van der Waals surface area contributed by atoms with Crippen LogP contribution in [0.1, 0.15) is 54.2 Å². The molecule has 2 aliphatic heterocycles. The number of methoxy groups -OCH3 is 1. The molecule has 1 amide bonds. The van der Waals surface area contributed by atoms with Gasteiger partial charge >= 0.3 is 0 Å². The van der Waals surface area contributed by atoms with Gasteiger partial charge in [0.05, 0.1) is 37.7 Å². The fourth-order valence-electron chi connectivity index (χ4n) is 5.20. The van der Waals surface area contributed by atoms with Crippen LogP contribution in [0.4, 0.5) is 0 Å². The van der Waals surface area contributed by atoms with E-state index in [1.807, 2.05) is 46.8 Å². The summed E-state index contributed by atoms with van der Waals surface area (Å²) in [6, 6.07) is 14.1. The number of ether oxygens (including phenoxy) is 3. The van der Waals surface area contributed by atoms with Gasteiger partial charge in [-0.1, -0.05) is 12.1 Å². The summed E-state index contributed by atoms with van der Waals surface area (Å²) in [5, 5.41) is 4.75. The standard InChI is InChI=1S/C28H33N3O4/c1-19-24(20(2)31(29-19)22-7-4-8-23(18-22)33-3)11-13-28(32)30-14-5-9-25(30)21-10-12-26-27(17-21)35-16-6-15-34-26/h4,7-8,10,12,17-18,25H,5-6,9,11,13-16H2,1-3H3/t25-/m1/s1. The maximum Gasteiger partial charge on any atom is 0.223 e. The van der Waals surface area contributed by atoms with Crippen LogP contribution in [-0.2, 0) is 11.2 Å².